The van der Waals surface area contributed by atoms with E-state index >= 15 is 0 Å². The minimum atomic E-state index is 0.322. The molecule has 2 heteroatoms. The van der Waals surface area contributed by atoms with Crippen molar-refractivity contribution in [1.82, 2.24) is 9.55 Å². The molecule has 0 saturated carbocycles. The third-order valence-electron chi connectivity index (χ3n) is 3.21. The van der Waals surface area contributed by atoms with Crippen LogP contribution in [0.3, 0.4) is 0 Å². The van der Waals surface area contributed by atoms with Crippen molar-refractivity contribution < 1.29 is 0 Å². The lowest BCUT2D eigenvalue weighted by Gasteiger charge is -2.14. The van der Waals surface area contributed by atoms with Gasteiger partial charge in [-0.3, -0.25) is 0 Å². The zero-order chi connectivity index (χ0) is 11.7. The van der Waals surface area contributed by atoms with Gasteiger partial charge in [0, 0.05) is 19.2 Å². The number of aryl methyl sites for hydroxylation is 1. The summed E-state index contributed by atoms with van der Waals surface area (Å²) in [6, 6.07) is 6.43. The first kappa shape index (κ1) is 10.9. The average molecular weight is 213 g/mol. The van der Waals surface area contributed by atoms with Crippen LogP contribution < -0.4 is 0 Å². The van der Waals surface area contributed by atoms with Crippen LogP contribution in [0.4, 0.5) is 0 Å². The van der Waals surface area contributed by atoms with Crippen LogP contribution in [0, 0.1) is 20.9 Å². The zero-order valence-electron chi connectivity index (χ0n) is 10.1. The molecule has 16 heavy (non-hydrogen) atoms. The van der Waals surface area contributed by atoms with Crippen molar-refractivity contribution in [3.05, 3.63) is 60.2 Å². The number of benzene rings is 1. The lowest BCUT2D eigenvalue weighted by atomic mass is 9.92. The highest BCUT2D eigenvalue weighted by Gasteiger charge is 2.13. The van der Waals surface area contributed by atoms with Gasteiger partial charge in [-0.1, -0.05) is 25.1 Å². The van der Waals surface area contributed by atoms with E-state index in [9.17, 15) is 0 Å². The predicted molar refractivity (Wildman–Crippen MR) is 66.4 cm³/mol. The van der Waals surface area contributed by atoms with E-state index in [0.717, 1.165) is 5.69 Å². The number of imidazole rings is 1. The highest BCUT2D eigenvalue weighted by Crippen LogP contribution is 2.26. The largest absolute Gasteiger partial charge is 0.335 e. The summed E-state index contributed by atoms with van der Waals surface area (Å²) < 4.78 is 1.75. The molecule has 1 radical (unpaired) electrons. The molecule has 1 heterocycles. The fraction of sp³-hybridized carbons (Fsp3) is 0.286. The van der Waals surface area contributed by atoms with E-state index in [1.807, 2.05) is 6.20 Å². The average Bonchev–Trinajstić information content (AvgIpc) is 2.68. The van der Waals surface area contributed by atoms with Crippen molar-refractivity contribution in [2.24, 2.45) is 0 Å². The monoisotopic (exact) mass is 213 g/mol. The standard InChI is InChI=1S/C14H17N2/c1-10-6-5-7-13(11(10)2)12(3)14-8-16(4)9-15-14/h5-9,12H,4H2,1-3H3. The van der Waals surface area contributed by atoms with Crippen LogP contribution in [0.2, 0.25) is 0 Å². The Morgan fingerprint density at radius 3 is 2.69 bits per heavy atom. The molecule has 0 bridgehead atoms. The first-order valence-corrected chi connectivity index (χ1v) is 5.50. The summed E-state index contributed by atoms with van der Waals surface area (Å²) in [5.74, 6) is 0.322. The molecular weight excluding hydrogens is 196 g/mol. The van der Waals surface area contributed by atoms with Crippen molar-refractivity contribution >= 4 is 0 Å². The Morgan fingerprint density at radius 2 is 2.06 bits per heavy atom. The van der Waals surface area contributed by atoms with Crippen molar-refractivity contribution in [1.29, 1.82) is 0 Å². The maximum atomic E-state index is 4.36. The third-order valence-corrected chi connectivity index (χ3v) is 3.21. The van der Waals surface area contributed by atoms with Gasteiger partial charge in [0.2, 0.25) is 0 Å². The Labute approximate surface area is 97.0 Å². The number of aromatic nitrogens is 2. The molecule has 1 atom stereocenters. The summed E-state index contributed by atoms with van der Waals surface area (Å²) in [4.78, 5) is 4.36. The molecule has 0 saturated heterocycles. The minimum Gasteiger partial charge on any atom is -0.335 e. The molecule has 0 amide bonds. The zero-order valence-corrected chi connectivity index (χ0v) is 10.1. The van der Waals surface area contributed by atoms with E-state index in [2.05, 4.69) is 51.0 Å². The first-order valence-electron chi connectivity index (χ1n) is 5.50. The van der Waals surface area contributed by atoms with Crippen LogP contribution in [-0.4, -0.2) is 9.55 Å². The Balaban J connectivity index is 2.41. The lowest BCUT2D eigenvalue weighted by Crippen LogP contribution is -2.00. The number of hydrogen-bond donors (Lipinski definition) is 0. The van der Waals surface area contributed by atoms with Crippen molar-refractivity contribution in [2.45, 2.75) is 26.7 Å². The van der Waals surface area contributed by atoms with E-state index in [1.54, 1.807) is 10.9 Å². The summed E-state index contributed by atoms with van der Waals surface area (Å²) in [5.41, 5.74) is 5.11. The van der Waals surface area contributed by atoms with Crippen LogP contribution in [0.25, 0.3) is 0 Å². The lowest BCUT2D eigenvalue weighted by molar-refractivity contribution is 0.870. The maximum absolute atomic E-state index is 4.36. The number of rotatable bonds is 2. The van der Waals surface area contributed by atoms with Crippen molar-refractivity contribution in [3.8, 4) is 0 Å². The molecule has 2 aromatic rings. The van der Waals surface area contributed by atoms with Crippen molar-refractivity contribution in [2.75, 3.05) is 0 Å². The Kier molecular flexibility index (Phi) is 2.82. The highest BCUT2D eigenvalue weighted by atomic mass is 15.0. The van der Waals surface area contributed by atoms with Gasteiger partial charge in [-0.05, 0) is 30.5 Å². The van der Waals surface area contributed by atoms with Gasteiger partial charge >= 0.3 is 0 Å². The Bertz CT molecular complexity index is 497. The van der Waals surface area contributed by atoms with Gasteiger partial charge in [0.05, 0.1) is 12.0 Å². The SMILES string of the molecule is [CH2]n1cnc(C(C)c2cccc(C)c2C)c1. The predicted octanol–water partition coefficient (Wildman–Crippen LogP) is 3.29. The van der Waals surface area contributed by atoms with Crippen LogP contribution >= 0.6 is 0 Å². The molecule has 0 N–H and O–H groups in total. The highest BCUT2D eigenvalue weighted by molar-refractivity contribution is 5.38. The second-order valence-electron chi connectivity index (χ2n) is 4.32. The second kappa shape index (κ2) is 4.12. The van der Waals surface area contributed by atoms with Crippen molar-refractivity contribution in [3.63, 3.8) is 0 Å². The summed E-state index contributed by atoms with van der Waals surface area (Å²) in [6.45, 7) is 6.50. The fourth-order valence-corrected chi connectivity index (χ4v) is 2.00. The van der Waals surface area contributed by atoms with Gasteiger partial charge in [0.1, 0.15) is 0 Å². The molecule has 1 aromatic heterocycles. The Morgan fingerprint density at radius 1 is 1.31 bits per heavy atom. The fourth-order valence-electron chi connectivity index (χ4n) is 2.00. The van der Waals surface area contributed by atoms with Gasteiger partial charge in [0.15, 0.2) is 0 Å². The molecule has 2 nitrogen and oxygen atoms in total. The Hall–Kier alpha value is -1.57. The summed E-state index contributed by atoms with van der Waals surface area (Å²) in [7, 11) is 3.81. The molecule has 0 aliphatic carbocycles. The molecule has 83 valence electrons. The van der Waals surface area contributed by atoms with Gasteiger partial charge in [-0.2, -0.15) is 0 Å². The summed E-state index contributed by atoms with van der Waals surface area (Å²) in [6.07, 6.45) is 3.73. The van der Waals surface area contributed by atoms with Gasteiger partial charge in [-0.25, -0.2) is 4.98 Å². The van der Waals surface area contributed by atoms with E-state index in [-0.39, 0.29) is 0 Å². The van der Waals surface area contributed by atoms with Gasteiger partial charge < -0.3 is 4.57 Å². The minimum absolute atomic E-state index is 0.322. The van der Waals surface area contributed by atoms with E-state index in [4.69, 9.17) is 0 Å². The number of nitrogens with zero attached hydrogens (tertiary/aromatic N) is 2. The van der Waals surface area contributed by atoms with Crippen LogP contribution in [-0.2, 0) is 0 Å². The van der Waals surface area contributed by atoms with Crippen LogP contribution in [0.15, 0.2) is 30.7 Å². The molecular formula is C14H17N2. The molecule has 0 fully saturated rings. The second-order valence-corrected chi connectivity index (χ2v) is 4.32. The van der Waals surface area contributed by atoms with E-state index in [0.29, 0.717) is 5.92 Å². The molecule has 0 spiro atoms. The third kappa shape index (κ3) is 1.87. The molecule has 2 rings (SSSR count). The first-order chi connectivity index (χ1) is 7.59. The molecule has 1 unspecified atom stereocenters. The quantitative estimate of drug-likeness (QED) is 0.748. The van der Waals surface area contributed by atoms with E-state index in [1.165, 1.54) is 16.7 Å². The molecule has 1 aromatic carbocycles. The van der Waals surface area contributed by atoms with Crippen LogP contribution in [0.1, 0.15) is 35.2 Å². The smallest absolute Gasteiger partial charge is 0.0950 e. The van der Waals surface area contributed by atoms with Gasteiger partial charge in [-0.15, -0.1) is 0 Å². The topological polar surface area (TPSA) is 17.8 Å². The van der Waals surface area contributed by atoms with Crippen LogP contribution in [0.5, 0.6) is 0 Å². The summed E-state index contributed by atoms with van der Waals surface area (Å²) >= 11 is 0. The van der Waals surface area contributed by atoms with E-state index < -0.39 is 0 Å². The maximum Gasteiger partial charge on any atom is 0.0950 e. The van der Waals surface area contributed by atoms with Gasteiger partial charge in [0.25, 0.3) is 0 Å². The normalized spacial score (nSPS) is 12.8. The summed E-state index contributed by atoms with van der Waals surface area (Å²) in [5, 5.41) is 0. The number of hydrogen-bond acceptors (Lipinski definition) is 1. The molecule has 0 aliphatic rings. The molecule has 0 aliphatic heterocycles.